The number of hydrogen-bond donors (Lipinski definition) is 0. The van der Waals surface area contributed by atoms with Gasteiger partial charge in [0.25, 0.3) is 5.91 Å². The first-order valence-corrected chi connectivity index (χ1v) is 6.79. The second kappa shape index (κ2) is 5.98. The van der Waals surface area contributed by atoms with Gasteiger partial charge in [-0.05, 0) is 31.4 Å². The number of rotatable bonds is 6. The van der Waals surface area contributed by atoms with E-state index in [1.165, 1.54) is 6.07 Å². The number of hydrogen-bond acceptors (Lipinski definition) is 3. The van der Waals surface area contributed by atoms with Crippen molar-refractivity contribution in [2.24, 2.45) is 0 Å². The molecule has 0 spiro atoms. The molecule has 1 saturated carbocycles. The molecule has 0 unspecified atom stereocenters. The minimum Gasteiger partial charge on any atom is -0.336 e. The number of nitro groups is 1. The van der Waals surface area contributed by atoms with Crippen LogP contribution < -0.4 is 0 Å². The average Bonchev–Trinajstić information content (AvgIpc) is 3.23. The minimum atomic E-state index is -0.966. The molecule has 1 fully saturated rings. The first-order valence-electron chi connectivity index (χ1n) is 6.79. The Hall–Kier alpha value is -1.98. The van der Waals surface area contributed by atoms with E-state index in [-0.39, 0.29) is 17.5 Å². The molecule has 5 nitrogen and oxygen atoms in total. The van der Waals surface area contributed by atoms with Crippen LogP contribution in [0.3, 0.4) is 0 Å². The number of carbonyl (C=O) groups is 1. The van der Waals surface area contributed by atoms with Gasteiger partial charge in [-0.15, -0.1) is 0 Å². The molecule has 108 valence electrons. The summed E-state index contributed by atoms with van der Waals surface area (Å²) < 4.78 is 13.6. The molecule has 20 heavy (non-hydrogen) atoms. The van der Waals surface area contributed by atoms with Gasteiger partial charge in [0, 0.05) is 24.2 Å². The largest absolute Gasteiger partial charge is 0.336 e. The van der Waals surface area contributed by atoms with Crippen LogP contribution in [0.1, 0.15) is 43.0 Å². The van der Waals surface area contributed by atoms with Crippen LogP contribution >= 0.6 is 0 Å². The van der Waals surface area contributed by atoms with Crippen LogP contribution in [0.25, 0.3) is 0 Å². The van der Waals surface area contributed by atoms with Crippen molar-refractivity contribution in [3.05, 3.63) is 39.7 Å². The zero-order valence-electron chi connectivity index (χ0n) is 11.3. The van der Waals surface area contributed by atoms with E-state index in [0.717, 1.165) is 37.8 Å². The Balaban J connectivity index is 2.18. The predicted molar refractivity (Wildman–Crippen MR) is 72.0 cm³/mol. The van der Waals surface area contributed by atoms with Crippen molar-refractivity contribution in [3.63, 3.8) is 0 Å². The maximum absolute atomic E-state index is 13.6. The number of unbranched alkanes of at least 4 members (excludes halogenated alkanes) is 1. The van der Waals surface area contributed by atoms with Gasteiger partial charge in [-0.2, -0.15) is 4.39 Å². The van der Waals surface area contributed by atoms with Gasteiger partial charge in [-0.25, -0.2) is 0 Å². The van der Waals surface area contributed by atoms with Crippen LogP contribution in [-0.4, -0.2) is 28.3 Å². The first kappa shape index (κ1) is 14.4. The normalized spacial score (nSPS) is 14.1. The van der Waals surface area contributed by atoms with Crippen molar-refractivity contribution in [3.8, 4) is 0 Å². The Kier molecular flexibility index (Phi) is 4.32. The van der Waals surface area contributed by atoms with E-state index in [4.69, 9.17) is 0 Å². The monoisotopic (exact) mass is 280 g/mol. The lowest BCUT2D eigenvalue weighted by atomic mass is 10.1. The Labute approximate surface area is 116 Å². The molecular weight excluding hydrogens is 263 g/mol. The molecule has 1 amide bonds. The van der Waals surface area contributed by atoms with Gasteiger partial charge in [0.15, 0.2) is 0 Å². The molecule has 1 aliphatic carbocycles. The smallest absolute Gasteiger partial charge is 0.304 e. The quantitative estimate of drug-likeness (QED) is 0.594. The van der Waals surface area contributed by atoms with Gasteiger partial charge in [0.05, 0.1) is 4.92 Å². The van der Waals surface area contributed by atoms with Crippen molar-refractivity contribution in [1.82, 2.24) is 4.90 Å². The summed E-state index contributed by atoms with van der Waals surface area (Å²) >= 11 is 0. The molecule has 0 aliphatic heterocycles. The molecule has 0 bridgehead atoms. The molecule has 1 aromatic carbocycles. The van der Waals surface area contributed by atoms with E-state index in [1.807, 2.05) is 6.92 Å². The van der Waals surface area contributed by atoms with E-state index >= 15 is 0 Å². The van der Waals surface area contributed by atoms with E-state index in [9.17, 15) is 19.3 Å². The van der Waals surface area contributed by atoms with Gasteiger partial charge in [0.2, 0.25) is 5.82 Å². The molecule has 0 heterocycles. The minimum absolute atomic E-state index is 0.177. The number of carbonyl (C=O) groups excluding carboxylic acids is 1. The van der Waals surface area contributed by atoms with Crippen LogP contribution in [0.15, 0.2) is 18.2 Å². The maximum atomic E-state index is 13.6. The van der Waals surface area contributed by atoms with Gasteiger partial charge in [-0.1, -0.05) is 13.3 Å². The number of halogens is 1. The zero-order valence-corrected chi connectivity index (χ0v) is 11.3. The number of nitro benzene ring substituents is 1. The number of amides is 1. The summed E-state index contributed by atoms with van der Waals surface area (Å²) in [6, 6.07) is 3.58. The van der Waals surface area contributed by atoms with Crippen LogP contribution in [0, 0.1) is 15.9 Å². The van der Waals surface area contributed by atoms with Crippen molar-refractivity contribution in [2.45, 2.75) is 38.6 Å². The van der Waals surface area contributed by atoms with Crippen LogP contribution in [-0.2, 0) is 0 Å². The van der Waals surface area contributed by atoms with Gasteiger partial charge in [0.1, 0.15) is 0 Å². The van der Waals surface area contributed by atoms with E-state index < -0.39 is 16.4 Å². The zero-order chi connectivity index (χ0) is 14.7. The summed E-state index contributed by atoms with van der Waals surface area (Å²) in [6.07, 6.45) is 3.83. The number of nitrogens with zero attached hydrogens (tertiary/aromatic N) is 2. The molecule has 0 N–H and O–H groups in total. The molecule has 0 atom stereocenters. The third-order valence-corrected chi connectivity index (χ3v) is 3.39. The predicted octanol–water partition coefficient (Wildman–Crippen LogP) is 3.14. The molecule has 0 saturated heterocycles. The fourth-order valence-corrected chi connectivity index (χ4v) is 2.12. The fourth-order valence-electron chi connectivity index (χ4n) is 2.12. The van der Waals surface area contributed by atoms with Gasteiger partial charge >= 0.3 is 5.69 Å². The summed E-state index contributed by atoms with van der Waals surface area (Å²) in [5.41, 5.74) is -0.427. The molecule has 6 heteroatoms. The molecule has 0 radical (unpaired) electrons. The van der Waals surface area contributed by atoms with Crippen molar-refractivity contribution < 1.29 is 14.1 Å². The van der Waals surface area contributed by atoms with E-state index in [2.05, 4.69) is 0 Å². The van der Waals surface area contributed by atoms with Gasteiger partial charge in [-0.3, -0.25) is 14.9 Å². The molecular formula is C14H17FN2O3. The molecule has 1 aliphatic rings. The summed E-state index contributed by atoms with van der Waals surface area (Å²) in [7, 11) is 0. The highest BCUT2D eigenvalue weighted by Gasteiger charge is 2.33. The lowest BCUT2D eigenvalue weighted by Gasteiger charge is -2.22. The average molecular weight is 280 g/mol. The van der Waals surface area contributed by atoms with Gasteiger partial charge < -0.3 is 4.90 Å². The summed E-state index contributed by atoms with van der Waals surface area (Å²) in [5, 5.41) is 10.6. The van der Waals surface area contributed by atoms with Crippen LogP contribution in [0.4, 0.5) is 10.1 Å². The number of benzene rings is 1. The van der Waals surface area contributed by atoms with Crippen molar-refractivity contribution in [1.29, 1.82) is 0 Å². The Morgan fingerprint density at radius 3 is 2.70 bits per heavy atom. The molecule has 1 aromatic rings. The second-order valence-electron chi connectivity index (χ2n) is 5.01. The topological polar surface area (TPSA) is 63.5 Å². The van der Waals surface area contributed by atoms with Crippen LogP contribution in [0.5, 0.6) is 0 Å². The highest BCUT2D eigenvalue weighted by Crippen LogP contribution is 2.29. The van der Waals surface area contributed by atoms with Crippen LogP contribution in [0.2, 0.25) is 0 Å². The Morgan fingerprint density at radius 2 is 2.20 bits per heavy atom. The maximum Gasteiger partial charge on any atom is 0.304 e. The Bertz CT molecular complexity index is 529. The summed E-state index contributed by atoms with van der Waals surface area (Å²) in [5.74, 6) is -1.21. The highest BCUT2D eigenvalue weighted by molar-refractivity contribution is 5.94. The van der Waals surface area contributed by atoms with E-state index in [1.54, 1.807) is 4.90 Å². The van der Waals surface area contributed by atoms with Crippen molar-refractivity contribution in [2.75, 3.05) is 6.54 Å². The fraction of sp³-hybridized carbons (Fsp3) is 0.500. The lowest BCUT2D eigenvalue weighted by Crippen LogP contribution is -2.34. The highest BCUT2D eigenvalue weighted by atomic mass is 19.1. The molecule has 0 aromatic heterocycles. The Morgan fingerprint density at radius 1 is 1.50 bits per heavy atom. The second-order valence-corrected chi connectivity index (χ2v) is 5.01. The summed E-state index contributed by atoms with van der Waals surface area (Å²) in [4.78, 5) is 23.9. The standard InChI is InChI=1S/C14H17FN2O3/c1-2-3-8-16(11-5-6-11)14(18)10-4-7-13(17(19)20)12(15)9-10/h4,7,9,11H,2-3,5-6,8H2,1H3. The third-order valence-electron chi connectivity index (χ3n) is 3.39. The SMILES string of the molecule is CCCCN(C(=O)c1ccc([N+](=O)[O-])c(F)c1)C1CC1. The lowest BCUT2D eigenvalue weighted by molar-refractivity contribution is -0.387. The van der Waals surface area contributed by atoms with Crippen molar-refractivity contribution >= 4 is 11.6 Å². The third kappa shape index (κ3) is 3.12. The summed E-state index contributed by atoms with van der Waals surface area (Å²) in [6.45, 7) is 2.69. The van der Waals surface area contributed by atoms with E-state index in [0.29, 0.717) is 6.54 Å². The first-order chi connectivity index (χ1) is 9.54. The molecule has 2 rings (SSSR count).